The van der Waals surface area contributed by atoms with Gasteiger partial charge >= 0.3 is 6.18 Å². The Labute approximate surface area is 156 Å². The molecule has 27 heavy (non-hydrogen) atoms. The highest BCUT2D eigenvalue weighted by Gasteiger charge is 2.31. The van der Waals surface area contributed by atoms with Crippen molar-refractivity contribution in [2.45, 2.75) is 44.3 Å². The van der Waals surface area contributed by atoms with E-state index >= 15 is 0 Å². The van der Waals surface area contributed by atoms with E-state index in [1.807, 2.05) is 0 Å². The van der Waals surface area contributed by atoms with Crippen molar-refractivity contribution in [3.63, 3.8) is 0 Å². The highest BCUT2D eigenvalue weighted by atomic mass is 19.4. The van der Waals surface area contributed by atoms with Crippen molar-refractivity contribution in [2.24, 2.45) is 0 Å². The summed E-state index contributed by atoms with van der Waals surface area (Å²) in [4.78, 5) is 16.7. The zero-order valence-electron chi connectivity index (χ0n) is 15.1. The number of likely N-dealkylation sites (tertiary alicyclic amines) is 2. The molecule has 0 radical (unpaired) electrons. The second kappa shape index (κ2) is 8.42. The Bertz CT molecular complexity index is 696. The van der Waals surface area contributed by atoms with Crippen molar-refractivity contribution in [2.75, 3.05) is 26.2 Å². The first-order chi connectivity index (χ1) is 12.8. The fourth-order valence-corrected chi connectivity index (χ4v) is 3.89. The predicted molar refractivity (Wildman–Crippen MR) is 95.5 cm³/mol. The van der Waals surface area contributed by atoms with Crippen LogP contribution in [0.3, 0.4) is 0 Å². The Balaban J connectivity index is 1.66. The Hall–Kier alpha value is -1.89. The highest BCUT2D eigenvalue weighted by Crippen LogP contribution is 2.30. The number of carbonyl (C=O) groups excluding carboxylic acids is 1. The number of halogens is 4. The molecule has 0 N–H and O–H groups in total. The second-order valence-corrected chi connectivity index (χ2v) is 7.29. The monoisotopic (exact) mass is 384 g/mol. The van der Waals surface area contributed by atoms with Crippen LogP contribution in [0.25, 0.3) is 6.08 Å². The smallest absolute Gasteiger partial charge is 0.335 e. The summed E-state index contributed by atoms with van der Waals surface area (Å²) in [5.41, 5.74) is -1.03. The van der Waals surface area contributed by atoms with Crippen molar-refractivity contribution < 1.29 is 22.4 Å². The Morgan fingerprint density at radius 3 is 2.52 bits per heavy atom. The summed E-state index contributed by atoms with van der Waals surface area (Å²) in [6, 6.07) is 2.43. The molecule has 0 unspecified atom stereocenters. The first-order valence-electron chi connectivity index (χ1n) is 9.42. The third-order valence-electron chi connectivity index (χ3n) is 5.24. The summed E-state index contributed by atoms with van der Waals surface area (Å²) in [5.74, 6) is -1.20. The molecule has 0 aliphatic carbocycles. The van der Waals surface area contributed by atoms with Gasteiger partial charge in [0.2, 0.25) is 5.91 Å². The first kappa shape index (κ1) is 19.9. The minimum Gasteiger partial charge on any atom is -0.335 e. The van der Waals surface area contributed by atoms with Crippen LogP contribution in [0, 0.1) is 5.82 Å². The number of nitrogens with zero attached hydrogens (tertiary/aromatic N) is 2. The van der Waals surface area contributed by atoms with E-state index in [9.17, 15) is 22.4 Å². The molecule has 148 valence electrons. The zero-order valence-corrected chi connectivity index (χ0v) is 15.1. The second-order valence-electron chi connectivity index (χ2n) is 7.29. The quantitative estimate of drug-likeness (QED) is 0.570. The van der Waals surface area contributed by atoms with Gasteiger partial charge in [0.05, 0.1) is 5.56 Å². The minimum atomic E-state index is -4.62. The van der Waals surface area contributed by atoms with Crippen LogP contribution < -0.4 is 0 Å². The molecule has 1 atom stereocenters. The van der Waals surface area contributed by atoms with E-state index in [1.165, 1.54) is 31.4 Å². The molecule has 2 heterocycles. The van der Waals surface area contributed by atoms with Crippen molar-refractivity contribution in [1.29, 1.82) is 0 Å². The normalized spacial score (nSPS) is 21.9. The third kappa shape index (κ3) is 5.31. The number of piperidine rings is 1. The van der Waals surface area contributed by atoms with Crippen molar-refractivity contribution in [1.82, 2.24) is 9.80 Å². The molecule has 1 amide bonds. The molecule has 2 saturated heterocycles. The molecule has 0 spiro atoms. The fraction of sp³-hybridized carbons (Fsp3) is 0.550. The number of amides is 1. The van der Waals surface area contributed by atoms with E-state index in [4.69, 9.17) is 0 Å². The van der Waals surface area contributed by atoms with Crippen molar-refractivity contribution >= 4 is 12.0 Å². The SMILES string of the molecule is O=C(C=Cc1cc(F)cc(C(F)(F)F)c1)N1CCC[C@H]1CN1CCCCC1. The van der Waals surface area contributed by atoms with Crippen LogP contribution in [-0.4, -0.2) is 47.9 Å². The molecule has 3 rings (SSSR count). The van der Waals surface area contributed by atoms with Crippen LogP contribution in [0.5, 0.6) is 0 Å². The molecular formula is C20H24F4N2O. The highest BCUT2D eigenvalue weighted by molar-refractivity contribution is 5.92. The zero-order chi connectivity index (χ0) is 19.4. The van der Waals surface area contributed by atoms with Crippen LogP contribution in [-0.2, 0) is 11.0 Å². The Morgan fingerprint density at radius 1 is 1.07 bits per heavy atom. The number of alkyl halides is 3. The van der Waals surface area contributed by atoms with Crippen LogP contribution in [0.15, 0.2) is 24.3 Å². The van der Waals surface area contributed by atoms with E-state index < -0.39 is 17.6 Å². The van der Waals surface area contributed by atoms with Gasteiger partial charge in [-0.25, -0.2) is 4.39 Å². The maximum atomic E-state index is 13.5. The van der Waals surface area contributed by atoms with Crippen LogP contribution >= 0.6 is 0 Å². The maximum Gasteiger partial charge on any atom is 0.416 e. The lowest BCUT2D eigenvalue weighted by atomic mass is 10.1. The van der Waals surface area contributed by atoms with Crippen LogP contribution in [0.2, 0.25) is 0 Å². The average molecular weight is 384 g/mol. The summed E-state index contributed by atoms with van der Waals surface area (Å²) in [7, 11) is 0. The molecule has 3 nitrogen and oxygen atoms in total. The van der Waals surface area contributed by atoms with Gasteiger partial charge < -0.3 is 9.80 Å². The summed E-state index contributed by atoms with van der Waals surface area (Å²) >= 11 is 0. The van der Waals surface area contributed by atoms with Gasteiger partial charge in [-0.1, -0.05) is 6.42 Å². The third-order valence-corrected chi connectivity index (χ3v) is 5.24. The molecule has 0 saturated carbocycles. The Kier molecular flexibility index (Phi) is 6.19. The first-order valence-corrected chi connectivity index (χ1v) is 9.42. The molecular weight excluding hydrogens is 360 g/mol. The van der Waals surface area contributed by atoms with E-state index in [0.29, 0.717) is 12.6 Å². The standard InChI is InChI=1S/C20H24F4N2O/c21-17-12-15(11-16(13-17)20(22,23)24)6-7-19(27)26-10-4-5-18(26)14-25-8-2-1-3-9-25/h6-7,11-13,18H,1-5,8-10,14H2/t18-/m0/s1. The molecule has 1 aromatic rings. The number of rotatable bonds is 4. The fourth-order valence-electron chi connectivity index (χ4n) is 3.89. The van der Waals surface area contributed by atoms with Gasteiger partial charge in [0.25, 0.3) is 0 Å². The lowest BCUT2D eigenvalue weighted by Gasteiger charge is -2.32. The van der Waals surface area contributed by atoms with Crippen molar-refractivity contribution in [3.05, 3.63) is 41.2 Å². The summed E-state index contributed by atoms with van der Waals surface area (Å²) < 4.78 is 51.9. The largest absolute Gasteiger partial charge is 0.416 e. The summed E-state index contributed by atoms with van der Waals surface area (Å²) in [5, 5.41) is 0. The number of hydrogen-bond acceptors (Lipinski definition) is 2. The van der Waals surface area contributed by atoms with Crippen LogP contribution in [0.1, 0.15) is 43.2 Å². The van der Waals surface area contributed by atoms with Gasteiger partial charge in [0.15, 0.2) is 0 Å². The maximum absolute atomic E-state index is 13.5. The summed E-state index contributed by atoms with van der Waals surface area (Å²) in [6.45, 7) is 3.60. The van der Waals surface area contributed by atoms with Gasteiger partial charge in [-0.15, -0.1) is 0 Å². The molecule has 0 aromatic heterocycles. The van der Waals surface area contributed by atoms with E-state index in [2.05, 4.69) is 4.90 Å². The summed E-state index contributed by atoms with van der Waals surface area (Å²) in [6.07, 6.45) is 3.37. The molecule has 2 aliphatic rings. The lowest BCUT2D eigenvalue weighted by Crippen LogP contribution is -2.44. The van der Waals surface area contributed by atoms with Gasteiger partial charge in [-0.3, -0.25) is 4.79 Å². The van der Waals surface area contributed by atoms with Crippen LogP contribution in [0.4, 0.5) is 17.6 Å². The van der Waals surface area contributed by atoms with E-state index in [0.717, 1.165) is 44.6 Å². The van der Waals surface area contributed by atoms with Gasteiger partial charge in [0.1, 0.15) is 5.82 Å². The lowest BCUT2D eigenvalue weighted by molar-refractivity contribution is -0.137. The predicted octanol–water partition coefficient (Wildman–Crippen LogP) is 4.33. The van der Waals surface area contributed by atoms with Crippen molar-refractivity contribution in [3.8, 4) is 0 Å². The Morgan fingerprint density at radius 2 is 1.81 bits per heavy atom. The van der Waals surface area contributed by atoms with Gasteiger partial charge in [-0.2, -0.15) is 13.2 Å². The molecule has 0 bridgehead atoms. The minimum absolute atomic E-state index is 0.0300. The topological polar surface area (TPSA) is 23.6 Å². The molecule has 1 aromatic carbocycles. The number of hydrogen-bond donors (Lipinski definition) is 0. The van der Waals surface area contributed by atoms with Gasteiger partial charge in [0, 0.05) is 25.2 Å². The molecule has 2 fully saturated rings. The number of benzene rings is 1. The molecule has 2 aliphatic heterocycles. The van der Waals surface area contributed by atoms with E-state index in [1.54, 1.807) is 4.90 Å². The van der Waals surface area contributed by atoms with E-state index in [-0.39, 0.29) is 17.5 Å². The molecule has 7 heteroatoms. The average Bonchev–Trinajstić information content (AvgIpc) is 3.07. The van der Waals surface area contributed by atoms with Gasteiger partial charge in [-0.05, 0) is 68.6 Å². The number of carbonyl (C=O) groups is 1.